The lowest BCUT2D eigenvalue weighted by molar-refractivity contribution is 0.0925. The summed E-state index contributed by atoms with van der Waals surface area (Å²) in [4.78, 5) is 11.2. The number of hydrazine groups is 1. The van der Waals surface area contributed by atoms with Gasteiger partial charge in [0.2, 0.25) is 0 Å². The molecule has 1 rings (SSSR count). The molecule has 5 heteroatoms. The normalized spacial score (nSPS) is 10.1. The summed E-state index contributed by atoms with van der Waals surface area (Å²) < 4.78 is 5.04. The summed E-state index contributed by atoms with van der Waals surface area (Å²) in [6, 6.07) is 1.80. The number of carbonyl (C=O) groups excluding carboxylic acids is 1. The number of nitrogens with one attached hydrogen (secondary N) is 1. The Morgan fingerprint density at radius 3 is 3.14 bits per heavy atom. The van der Waals surface area contributed by atoms with Crippen LogP contribution in [-0.2, 0) is 5.75 Å². The van der Waals surface area contributed by atoms with Gasteiger partial charge in [-0.05, 0) is 18.2 Å². The predicted molar refractivity (Wildman–Crippen MR) is 56.8 cm³/mol. The minimum absolute atomic E-state index is 0.316. The summed E-state index contributed by atoms with van der Waals surface area (Å²) in [7, 11) is 0. The number of carbonyl (C=O) groups is 1. The highest BCUT2D eigenvalue weighted by atomic mass is 32.2. The van der Waals surface area contributed by atoms with Gasteiger partial charge < -0.3 is 4.42 Å². The molecule has 3 N–H and O–H groups in total. The average molecular weight is 214 g/mol. The molecule has 1 heterocycles. The van der Waals surface area contributed by atoms with Gasteiger partial charge in [-0.25, -0.2) is 5.84 Å². The maximum Gasteiger partial charge on any atom is 0.301 e. The fourth-order valence-electron chi connectivity index (χ4n) is 1.04. The van der Waals surface area contributed by atoms with E-state index in [1.165, 1.54) is 6.26 Å². The maximum atomic E-state index is 11.2. The monoisotopic (exact) mass is 214 g/mol. The van der Waals surface area contributed by atoms with Gasteiger partial charge in [0.1, 0.15) is 0 Å². The number of amides is 1. The molecule has 0 saturated heterocycles. The molecule has 0 spiro atoms. The molecule has 78 valence electrons. The van der Waals surface area contributed by atoms with Crippen molar-refractivity contribution in [1.82, 2.24) is 5.43 Å². The molecule has 0 radical (unpaired) electrons. The van der Waals surface area contributed by atoms with Crippen molar-refractivity contribution in [1.29, 1.82) is 0 Å². The third kappa shape index (κ3) is 2.78. The molecule has 0 aliphatic rings. The van der Waals surface area contributed by atoms with Gasteiger partial charge in [-0.1, -0.05) is 6.92 Å². The van der Waals surface area contributed by atoms with Crippen molar-refractivity contribution in [3.8, 4) is 0 Å². The lowest BCUT2D eigenvalue weighted by Crippen LogP contribution is -2.30. The average Bonchev–Trinajstić information content (AvgIpc) is 2.65. The van der Waals surface area contributed by atoms with Crippen LogP contribution < -0.4 is 11.3 Å². The van der Waals surface area contributed by atoms with Crippen LogP contribution in [0.1, 0.15) is 29.5 Å². The number of hydrogen-bond donors (Lipinski definition) is 2. The lowest BCUT2D eigenvalue weighted by Gasteiger charge is -2.00. The van der Waals surface area contributed by atoms with E-state index in [2.05, 4.69) is 12.3 Å². The minimum atomic E-state index is -0.373. The van der Waals surface area contributed by atoms with Crippen LogP contribution in [0.2, 0.25) is 0 Å². The number of hydrogen-bond acceptors (Lipinski definition) is 4. The third-order valence-electron chi connectivity index (χ3n) is 1.69. The summed E-state index contributed by atoms with van der Waals surface area (Å²) in [5.74, 6) is 6.83. The number of rotatable bonds is 5. The Labute approximate surface area is 87.2 Å². The lowest BCUT2D eigenvalue weighted by atomic mass is 10.3. The second-order valence-corrected chi connectivity index (χ2v) is 3.91. The quantitative estimate of drug-likeness (QED) is 0.337. The molecule has 0 aliphatic carbocycles. The highest BCUT2D eigenvalue weighted by molar-refractivity contribution is 7.98. The second-order valence-electron chi connectivity index (χ2n) is 2.80. The number of thioether (sulfide) groups is 1. The van der Waals surface area contributed by atoms with Crippen molar-refractivity contribution < 1.29 is 9.21 Å². The van der Waals surface area contributed by atoms with Crippen LogP contribution in [0.5, 0.6) is 0 Å². The first-order valence-electron chi connectivity index (χ1n) is 4.44. The minimum Gasteiger partial charge on any atom is -0.459 e. The van der Waals surface area contributed by atoms with Crippen molar-refractivity contribution in [2.45, 2.75) is 19.1 Å². The van der Waals surface area contributed by atoms with Crippen molar-refractivity contribution >= 4 is 17.7 Å². The molecule has 0 aliphatic heterocycles. The first-order valence-corrected chi connectivity index (χ1v) is 5.60. The molecule has 14 heavy (non-hydrogen) atoms. The van der Waals surface area contributed by atoms with Crippen molar-refractivity contribution in [2.24, 2.45) is 5.84 Å². The zero-order chi connectivity index (χ0) is 10.4. The van der Waals surface area contributed by atoms with E-state index in [1.54, 1.807) is 17.8 Å². The Morgan fingerprint density at radius 2 is 2.50 bits per heavy atom. The summed E-state index contributed by atoms with van der Waals surface area (Å²) in [5, 5.41) is 0. The largest absolute Gasteiger partial charge is 0.459 e. The van der Waals surface area contributed by atoms with Gasteiger partial charge in [0, 0.05) is 11.3 Å². The molecule has 1 aromatic rings. The van der Waals surface area contributed by atoms with E-state index in [0.717, 1.165) is 23.5 Å². The van der Waals surface area contributed by atoms with E-state index < -0.39 is 0 Å². The number of furan rings is 1. The van der Waals surface area contributed by atoms with E-state index in [9.17, 15) is 4.79 Å². The van der Waals surface area contributed by atoms with Gasteiger partial charge in [0.25, 0.3) is 0 Å². The van der Waals surface area contributed by atoms with E-state index in [-0.39, 0.29) is 5.91 Å². The van der Waals surface area contributed by atoms with Gasteiger partial charge in [-0.15, -0.1) is 0 Å². The van der Waals surface area contributed by atoms with Crippen LogP contribution in [-0.4, -0.2) is 11.7 Å². The molecule has 0 saturated carbocycles. The molecule has 4 nitrogen and oxygen atoms in total. The highest BCUT2D eigenvalue weighted by Crippen LogP contribution is 2.18. The number of nitrogens with two attached hydrogens (primary N) is 1. The Hall–Kier alpha value is -0.940. The van der Waals surface area contributed by atoms with Gasteiger partial charge in [-0.2, -0.15) is 11.8 Å². The zero-order valence-corrected chi connectivity index (χ0v) is 8.89. The van der Waals surface area contributed by atoms with Gasteiger partial charge >= 0.3 is 5.91 Å². The van der Waals surface area contributed by atoms with Gasteiger partial charge in [0.05, 0.1) is 6.26 Å². The standard InChI is InChI=1S/C9H14N2O2S/c1-2-5-14-6-7-3-4-13-8(7)9(12)11-10/h3-4H,2,5-6,10H2,1H3,(H,11,12). The summed E-state index contributed by atoms with van der Waals surface area (Å²) in [5.41, 5.74) is 2.95. The van der Waals surface area contributed by atoms with Crippen LogP contribution >= 0.6 is 11.8 Å². The number of nitrogen functional groups attached to an aromatic ring is 1. The van der Waals surface area contributed by atoms with Crippen LogP contribution in [0.4, 0.5) is 0 Å². The van der Waals surface area contributed by atoms with Gasteiger partial charge in [0.15, 0.2) is 5.76 Å². The zero-order valence-electron chi connectivity index (χ0n) is 8.08. The molecule has 0 unspecified atom stereocenters. The van der Waals surface area contributed by atoms with Crippen molar-refractivity contribution in [3.63, 3.8) is 0 Å². The fraction of sp³-hybridized carbons (Fsp3) is 0.444. The second kappa shape index (κ2) is 5.72. The van der Waals surface area contributed by atoms with Crippen LogP contribution in [0.3, 0.4) is 0 Å². The molecule has 0 fully saturated rings. The smallest absolute Gasteiger partial charge is 0.301 e. The highest BCUT2D eigenvalue weighted by Gasteiger charge is 2.13. The molecular formula is C9H14N2O2S. The van der Waals surface area contributed by atoms with Crippen molar-refractivity contribution in [2.75, 3.05) is 5.75 Å². The molecule has 0 aromatic carbocycles. The fourth-order valence-corrected chi connectivity index (χ4v) is 1.92. The Morgan fingerprint density at radius 1 is 1.71 bits per heavy atom. The van der Waals surface area contributed by atoms with E-state index in [1.807, 2.05) is 0 Å². The first kappa shape index (κ1) is 11.1. The predicted octanol–water partition coefficient (Wildman–Crippen LogP) is 1.53. The molecule has 1 aromatic heterocycles. The van der Waals surface area contributed by atoms with Crippen LogP contribution in [0.25, 0.3) is 0 Å². The van der Waals surface area contributed by atoms with E-state index in [0.29, 0.717) is 5.76 Å². The Kier molecular flexibility index (Phi) is 4.55. The maximum absolute atomic E-state index is 11.2. The van der Waals surface area contributed by atoms with Crippen LogP contribution in [0, 0.1) is 0 Å². The Bertz CT molecular complexity index is 299. The van der Waals surface area contributed by atoms with Gasteiger partial charge in [-0.3, -0.25) is 10.2 Å². The topological polar surface area (TPSA) is 68.3 Å². The molecule has 0 bridgehead atoms. The van der Waals surface area contributed by atoms with E-state index in [4.69, 9.17) is 10.3 Å². The molecular weight excluding hydrogens is 200 g/mol. The third-order valence-corrected chi connectivity index (χ3v) is 2.90. The Balaban J connectivity index is 2.58. The van der Waals surface area contributed by atoms with E-state index >= 15 is 0 Å². The van der Waals surface area contributed by atoms with Crippen LogP contribution in [0.15, 0.2) is 16.7 Å². The molecule has 0 atom stereocenters. The first-order chi connectivity index (χ1) is 6.79. The summed E-state index contributed by atoms with van der Waals surface area (Å²) in [6.45, 7) is 2.12. The summed E-state index contributed by atoms with van der Waals surface area (Å²) in [6.07, 6.45) is 2.63. The van der Waals surface area contributed by atoms with Crippen molar-refractivity contribution in [3.05, 3.63) is 23.7 Å². The SMILES string of the molecule is CCCSCc1ccoc1C(=O)NN. The summed E-state index contributed by atoms with van der Waals surface area (Å²) >= 11 is 1.77. The molecule has 1 amide bonds.